The number of amides is 1. The Kier molecular flexibility index (Phi) is 8.39. The minimum Gasteiger partial charge on any atom is -0.355 e. The van der Waals surface area contributed by atoms with Gasteiger partial charge in [-0.3, -0.25) is 4.79 Å². The van der Waals surface area contributed by atoms with Gasteiger partial charge >= 0.3 is 0 Å². The number of imidazole rings is 1. The molecule has 1 unspecified atom stereocenters. The van der Waals surface area contributed by atoms with Crippen molar-refractivity contribution in [3.05, 3.63) is 48.4 Å². The van der Waals surface area contributed by atoms with Crippen molar-refractivity contribution in [2.45, 2.75) is 56.0 Å². The van der Waals surface area contributed by atoms with Crippen LogP contribution in [0.2, 0.25) is 0 Å². The van der Waals surface area contributed by atoms with Crippen LogP contribution in [0.1, 0.15) is 56.6 Å². The van der Waals surface area contributed by atoms with Gasteiger partial charge in [0.1, 0.15) is 0 Å². The first-order chi connectivity index (χ1) is 16.4. The van der Waals surface area contributed by atoms with Crippen molar-refractivity contribution in [1.29, 1.82) is 0 Å². The third-order valence-corrected chi connectivity index (χ3v) is 8.80. The molecule has 1 aliphatic carbocycles. The first kappa shape index (κ1) is 24.9. The summed E-state index contributed by atoms with van der Waals surface area (Å²) < 4.78 is 30.6. The Balaban J connectivity index is 1.60. The Morgan fingerprint density at radius 3 is 2.50 bits per heavy atom. The number of rotatable bonds is 5. The molecule has 2 aliphatic rings. The van der Waals surface area contributed by atoms with Crippen LogP contribution in [0.3, 0.4) is 0 Å². The fourth-order valence-electron chi connectivity index (χ4n) is 5.23. The number of nitrogens with one attached hydrogen (secondary N) is 1. The average Bonchev–Trinajstić information content (AvgIpc) is 3.27. The van der Waals surface area contributed by atoms with Crippen LogP contribution in [0.5, 0.6) is 0 Å². The summed E-state index contributed by atoms with van der Waals surface area (Å²) in [4.78, 5) is 19.5. The molecule has 2 heterocycles. The smallest absolute Gasteiger partial charge is 0.262 e. The van der Waals surface area contributed by atoms with Gasteiger partial charge in [-0.05, 0) is 37.3 Å². The summed E-state index contributed by atoms with van der Waals surface area (Å²) in [5.41, 5.74) is 0.815. The zero-order valence-corrected chi connectivity index (χ0v) is 20.9. The van der Waals surface area contributed by atoms with Crippen LogP contribution in [0, 0.1) is 5.92 Å². The fourth-order valence-corrected chi connectivity index (χ4v) is 6.85. The van der Waals surface area contributed by atoms with Crippen LogP contribution in [0.25, 0.3) is 0 Å². The summed E-state index contributed by atoms with van der Waals surface area (Å²) in [6.07, 6.45) is 10.3. The van der Waals surface area contributed by atoms with Gasteiger partial charge < -0.3 is 14.8 Å². The van der Waals surface area contributed by atoms with Crippen molar-refractivity contribution in [3.63, 3.8) is 0 Å². The lowest BCUT2D eigenvalue weighted by Gasteiger charge is -2.31. The Hall–Kier alpha value is -2.23. The zero-order chi connectivity index (χ0) is 24.0. The third kappa shape index (κ3) is 6.25. The van der Waals surface area contributed by atoms with E-state index in [2.05, 4.69) is 15.2 Å². The maximum absolute atomic E-state index is 13.7. The van der Waals surface area contributed by atoms with Crippen molar-refractivity contribution in [2.75, 3.05) is 32.7 Å². The monoisotopic (exact) mass is 487 g/mol. The number of hydrogen-bond donors (Lipinski definition) is 1. The number of sulfonamides is 1. The van der Waals surface area contributed by atoms with Gasteiger partial charge in [0, 0.05) is 45.8 Å². The number of carbonyl (C=O) groups is 1. The van der Waals surface area contributed by atoms with Crippen LogP contribution in [0.15, 0.2) is 47.9 Å². The second kappa shape index (κ2) is 11.5. The van der Waals surface area contributed by atoms with E-state index in [-0.39, 0.29) is 17.4 Å². The second-order valence-corrected chi connectivity index (χ2v) is 11.5. The number of hydrogen-bond acceptors (Lipinski definition) is 5. The molecule has 0 bridgehead atoms. The molecule has 2 fully saturated rings. The van der Waals surface area contributed by atoms with Crippen LogP contribution >= 0.6 is 0 Å². The molecular formula is C25H37N5O3S. The molecule has 4 rings (SSSR count). The van der Waals surface area contributed by atoms with E-state index in [0.717, 1.165) is 25.2 Å². The van der Waals surface area contributed by atoms with E-state index in [9.17, 15) is 13.2 Å². The van der Waals surface area contributed by atoms with E-state index in [1.54, 1.807) is 11.6 Å². The molecule has 1 aliphatic heterocycles. The minimum atomic E-state index is -3.88. The Morgan fingerprint density at radius 2 is 1.79 bits per heavy atom. The lowest BCUT2D eigenvalue weighted by atomic mass is 9.89. The van der Waals surface area contributed by atoms with Gasteiger partial charge in [0.15, 0.2) is 5.03 Å². The molecule has 186 valence electrons. The van der Waals surface area contributed by atoms with E-state index >= 15 is 0 Å². The Labute approximate surface area is 203 Å². The fraction of sp³-hybridized carbons (Fsp3) is 0.600. The first-order valence-corrected chi connectivity index (χ1v) is 13.9. The minimum absolute atomic E-state index is 0.0188. The summed E-state index contributed by atoms with van der Waals surface area (Å²) in [5, 5.41) is 3.06. The van der Waals surface area contributed by atoms with Gasteiger partial charge in [0.25, 0.3) is 10.0 Å². The van der Waals surface area contributed by atoms with Gasteiger partial charge in [0.05, 0.1) is 12.4 Å². The highest BCUT2D eigenvalue weighted by Crippen LogP contribution is 2.31. The number of nitrogens with zero attached hydrogens (tertiary/aromatic N) is 4. The Morgan fingerprint density at radius 1 is 1.03 bits per heavy atom. The molecule has 8 nitrogen and oxygen atoms in total. The second-order valence-electron chi connectivity index (χ2n) is 9.63. The van der Waals surface area contributed by atoms with Gasteiger partial charge in [-0.15, -0.1) is 0 Å². The van der Waals surface area contributed by atoms with Crippen molar-refractivity contribution < 1.29 is 13.2 Å². The quantitative estimate of drug-likeness (QED) is 0.701. The topological polar surface area (TPSA) is 87.5 Å². The van der Waals surface area contributed by atoms with Gasteiger partial charge in [-0.2, -0.15) is 4.31 Å². The summed E-state index contributed by atoms with van der Waals surface area (Å²) >= 11 is 0. The summed E-state index contributed by atoms with van der Waals surface area (Å²) in [6.45, 7) is 3.55. The van der Waals surface area contributed by atoms with Gasteiger partial charge in [-0.1, -0.05) is 49.6 Å². The number of benzene rings is 1. The SMILES string of the molecule is Cn1cnc(S(=O)(=O)N2CCCN(CC3CCCCC3)CCNC(=O)CC2c2ccccc2)c1. The van der Waals surface area contributed by atoms with Crippen molar-refractivity contribution in [3.8, 4) is 0 Å². The van der Waals surface area contributed by atoms with Gasteiger partial charge in [-0.25, -0.2) is 13.4 Å². The van der Waals surface area contributed by atoms with Crippen LogP contribution < -0.4 is 5.32 Å². The van der Waals surface area contributed by atoms with Crippen molar-refractivity contribution in [2.24, 2.45) is 13.0 Å². The normalized spacial score (nSPS) is 22.7. The molecule has 1 aromatic carbocycles. The van der Waals surface area contributed by atoms with Crippen molar-refractivity contribution in [1.82, 2.24) is 24.1 Å². The third-order valence-electron chi connectivity index (χ3n) is 7.01. The predicted molar refractivity (Wildman–Crippen MR) is 132 cm³/mol. The highest BCUT2D eigenvalue weighted by Gasteiger charge is 2.35. The average molecular weight is 488 g/mol. The molecule has 34 heavy (non-hydrogen) atoms. The molecule has 1 saturated carbocycles. The number of carbonyl (C=O) groups excluding carboxylic acids is 1. The van der Waals surface area contributed by atoms with E-state index < -0.39 is 16.1 Å². The largest absolute Gasteiger partial charge is 0.355 e. The summed E-state index contributed by atoms with van der Waals surface area (Å²) in [6, 6.07) is 8.88. The summed E-state index contributed by atoms with van der Waals surface area (Å²) in [7, 11) is -2.13. The highest BCUT2D eigenvalue weighted by molar-refractivity contribution is 7.89. The van der Waals surface area contributed by atoms with Crippen molar-refractivity contribution >= 4 is 15.9 Å². The molecular weight excluding hydrogens is 450 g/mol. The lowest BCUT2D eigenvalue weighted by molar-refractivity contribution is -0.122. The molecule has 0 spiro atoms. The highest BCUT2D eigenvalue weighted by atomic mass is 32.2. The summed E-state index contributed by atoms with van der Waals surface area (Å²) in [5.74, 6) is 0.564. The Bertz CT molecular complexity index is 1030. The van der Waals surface area contributed by atoms with E-state index in [0.29, 0.717) is 25.4 Å². The first-order valence-electron chi connectivity index (χ1n) is 12.5. The predicted octanol–water partition coefficient (Wildman–Crippen LogP) is 2.94. The lowest BCUT2D eigenvalue weighted by Crippen LogP contribution is -2.39. The molecule has 1 amide bonds. The molecule has 1 saturated heterocycles. The van der Waals surface area contributed by atoms with Gasteiger partial charge in [0.2, 0.25) is 5.91 Å². The number of aryl methyl sites for hydroxylation is 1. The number of aromatic nitrogens is 2. The molecule has 1 N–H and O–H groups in total. The molecule has 0 radical (unpaired) electrons. The maximum Gasteiger partial charge on any atom is 0.262 e. The van der Waals surface area contributed by atoms with Crippen LogP contribution in [-0.2, 0) is 21.9 Å². The molecule has 1 atom stereocenters. The zero-order valence-electron chi connectivity index (χ0n) is 20.1. The van der Waals surface area contributed by atoms with Crippen LogP contribution in [0.4, 0.5) is 0 Å². The molecule has 9 heteroatoms. The maximum atomic E-state index is 13.7. The van der Waals surface area contributed by atoms with E-state index in [1.807, 2.05) is 30.3 Å². The standard InChI is InChI=1S/C25H37N5O3S/c1-28-19-25(27-20-28)34(32,33)30-15-8-14-29(18-21-9-4-2-5-10-21)16-13-26-24(31)17-23(30)22-11-6-3-7-12-22/h3,6-7,11-12,19-21,23H,2,4-5,8-10,13-18H2,1H3,(H,26,31). The molecule has 1 aromatic heterocycles. The molecule has 2 aromatic rings. The van der Waals surface area contributed by atoms with Crippen LogP contribution in [-0.4, -0.2) is 65.8 Å². The van der Waals surface area contributed by atoms with E-state index in [4.69, 9.17) is 0 Å². The van der Waals surface area contributed by atoms with E-state index in [1.165, 1.54) is 48.9 Å².